The first kappa shape index (κ1) is 15.1. The van der Waals surface area contributed by atoms with Gasteiger partial charge in [-0.05, 0) is 32.2 Å². The highest BCUT2D eigenvalue weighted by molar-refractivity contribution is 5.96. The van der Waals surface area contributed by atoms with Crippen LogP contribution in [-0.2, 0) is 0 Å². The fraction of sp³-hybridized carbons (Fsp3) is 0.222. The summed E-state index contributed by atoms with van der Waals surface area (Å²) in [5, 5.41) is 8.91. The van der Waals surface area contributed by atoms with Gasteiger partial charge in [-0.2, -0.15) is 0 Å². The van der Waals surface area contributed by atoms with Gasteiger partial charge in [-0.15, -0.1) is 0 Å². The molecule has 23 heavy (non-hydrogen) atoms. The Kier molecular flexibility index (Phi) is 3.78. The SMILES string of the molecule is CC(C)(C)Nc1ncnc(Nc2cccc3ccccc23)c1N. The summed E-state index contributed by atoms with van der Waals surface area (Å²) in [6, 6.07) is 14.3. The lowest BCUT2D eigenvalue weighted by Crippen LogP contribution is -2.27. The molecule has 3 aromatic rings. The van der Waals surface area contributed by atoms with E-state index in [0.29, 0.717) is 17.3 Å². The first-order chi connectivity index (χ1) is 10.9. The van der Waals surface area contributed by atoms with Crippen LogP contribution in [0, 0.1) is 0 Å². The summed E-state index contributed by atoms with van der Waals surface area (Å²) in [6.07, 6.45) is 1.51. The van der Waals surface area contributed by atoms with Crippen LogP contribution in [0.4, 0.5) is 23.0 Å². The molecule has 0 atom stereocenters. The van der Waals surface area contributed by atoms with Gasteiger partial charge in [-0.3, -0.25) is 0 Å². The number of hydrogen-bond donors (Lipinski definition) is 3. The standard InChI is InChI=1S/C18H21N5/c1-18(2,3)23-17-15(19)16(20-11-21-17)22-14-10-6-8-12-7-4-5-9-13(12)14/h4-11H,19H2,1-3H3,(H2,20,21,22,23). The van der Waals surface area contributed by atoms with Crippen molar-refractivity contribution < 1.29 is 0 Å². The molecule has 1 heterocycles. The number of nitrogens with one attached hydrogen (secondary N) is 2. The maximum absolute atomic E-state index is 6.23. The summed E-state index contributed by atoms with van der Waals surface area (Å²) in [6.45, 7) is 6.19. The number of nitrogens with two attached hydrogens (primary N) is 1. The van der Waals surface area contributed by atoms with Gasteiger partial charge in [0.1, 0.15) is 12.0 Å². The highest BCUT2D eigenvalue weighted by Gasteiger charge is 2.15. The van der Waals surface area contributed by atoms with Gasteiger partial charge in [0, 0.05) is 16.6 Å². The minimum Gasteiger partial charge on any atom is -0.393 e. The maximum atomic E-state index is 6.23. The topological polar surface area (TPSA) is 75.9 Å². The zero-order valence-corrected chi connectivity index (χ0v) is 13.6. The largest absolute Gasteiger partial charge is 0.393 e. The third-order valence-electron chi connectivity index (χ3n) is 3.42. The zero-order valence-electron chi connectivity index (χ0n) is 13.6. The van der Waals surface area contributed by atoms with E-state index in [0.717, 1.165) is 16.5 Å². The molecule has 5 heteroatoms. The molecule has 0 amide bonds. The Labute approximate surface area is 136 Å². The summed E-state index contributed by atoms with van der Waals surface area (Å²) in [7, 11) is 0. The molecule has 0 aliphatic carbocycles. The Morgan fingerprint density at radius 1 is 0.913 bits per heavy atom. The van der Waals surface area contributed by atoms with Crippen molar-refractivity contribution in [2.75, 3.05) is 16.4 Å². The van der Waals surface area contributed by atoms with Crippen molar-refractivity contribution in [3.63, 3.8) is 0 Å². The third kappa shape index (κ3) is 3.34. The molecule has 0 bridgehead atoms. The van der Waals surface area contributed by atoms with Crippen molar-refractivity contribution in [2.24, 2.45) is 0 Å². The average Bonchev–Trinajstić information content (AvgIpc) is 2.50. The second-order valence-corrected chi connectivity index (χ2v) is 6.51. The average molecular weight is 307 g/mol. The van der Waals surface area contributed by atoms with Gasteiger partial charge in [0.25, 0.3) is 0 Å². The number of fused-ring (bicyclic) bond motifs is 1. The molecular weight excluding hydrogens is 286 g/mol. The molecule has 0 saturated carbocycles. The van der Waals surface area contributed by atoms with Gasteiger partial charge in [-0.25, -0.2) is 9.97 Å². The zero-order chi connectivity index (χ0) is 16.4. The van der Waals surface area contributed by atoms with E-state index >= 15 is 0 Å². The van der Waals surface area contributed by atoms with E-state index in [2.05, 4.69) is 59.6 Å². The molecule has 0 radical (unpaired) electrons. The van der Waals surface area contributed by atoms with Crippen LogP contribution in [0.1, 0.15) is 20.8 Å². The van der Waals surface area contributed by atoms with Crippen LogP contribution in [0.3, 0.4) is 0 Å². The van der Waals surface area contributed by atoms with Crippen LogP contribution in [0.15, 0.2) is 48.8 Å². The monoisotopic (exact) mass is 307 g/mol. The Morgan fingerprint density at radius 3 is 2.39 bits per heavy atom. The second-order valence-electron chi connectivity index (χ2n) is 6.51. The lowest BCUT2D eigenvalue weighted by molar-refractivity contribution is 0.630. The smallest absolute Gasteiger partial charge is 0.159 e. The van der Waals surface area contributed by atoms with Crippen molar-refractivity contribution in [1.29, 1.82) is 0 Å². The first-order valence-corrected chi connectivity index (χ1v) is 7.57. The second kappa shape index (κ2) is 5.76. The molecule has 118 valence electrons. The number of nitrogen functional groups attached to an aromatic ring is 1. The van der Waals surface area contributed by atoms with Crippen LogP contribution >= 0.6 is 0 Å². The minimum absolute atomic E-state index is 0.126. The number of hydrogen-bond acceptors (Lipinski definition) is 5. The van der Waals surface area contributed by atoms with E-state index in [4.69, 9.17) is 5.73 Å². The molecule has 0 fully saturated rings. The maximum Gasteiger partial charge on any atom is 0.159 e. The predicted octanol–water partition coefficient (Wildman–Crippen LogP) is 4.17. The van der Waals surface area contributed by atoms with Crippen LogP contribution in [0.5, 0.6) is 0 Å². The van der Waals surface area contributed by atoms with Crippen molar-refractivity contribution in [3.8, 4) is 0 Å². The van der Waals surface area contributed by atoms with Crippen molar-refractivity contribution >= 4 is 33.8 Å². The fourth-order valence-corrected chi connectivity index (χ4v) is 2.41. The number of aromatic nitrogens is 2. The van der Waals surface area contributed by atoms with Gasteiger partial charge in [0.05, 0.1) is 0 Å². The molecule has 1 aromatic heterocycles. The Bertz CT molecular complexity index is 831. The molecule has 0 unspecified atom stereocenters. The fourth-order valence-electron chi connectivity index (χ4n) is 2.41. The van der Waals surface area contributed by atoms with E-state index in [-0.39, 0.29) is 5.54 Å². The summed E-state index contributed by atoms with van der Waals surface area (Å²) in [5.41, 5.74) is 7.58. The van der Waals surface area contributed by atoms with E-state index in [1.54, 1.807) is 0 Å². The number of benzene rings is 2. The number of rotatable bonds is 3. The summed E-state index contributed by atoms with van der Waals surface area (Å²) >= 11 is 0. The summed E-state index contributed by atoms with van der Waals surface area (Å²) < 4.78 is 0. The Balaban J connectivity index is 1.98. The van der Waals surface area contributed by atoms with E-state index in [1.807, 2.05) is 24.3 Å². The Hall–Kier alpha value is -2.82. The predicted molar refractivity (Wildman–Crippen MR) is 97.1 cm³/mol. The highest BCUT2D eigenvalue weighted by Crippen LogP contribution is 2.30. The van der Waals surface area contributed by atoms with Gasteiger partial charge in [0.2, 0.25) is 0 Å². The molecule has 5 nitrogen and oxygen atoms in total. The molecule has 4 N–H and O–H groups in total. The highest BCUT2D eigenvalue weighted by atomic mass is 15.1. The molecule has 0 aliphatic rings. The number of nitrogens with zero attached hydrogens (tertiary/aromatic N) is 2. The number of anilines is 4. The van der Waals surface area contributed by atoms with E-state index in [1.165, 1.54) is 6.33 Å². The van der Waals surface area contributed by atoms with Gasteiger partial charge >= 0.3 is 0 Å². The molecule has 2 aromatic carbocycles. The first-order valence-electron chi connectivity index (χ1n) is 7.57. The van der Waals surface area contributed by atoms with Crippen molar-refractivity contribution in [1.82, 2.24) is 9.97 Å². The van der Waals surface area contributed by atoms with Crippen molar-refractivity contribution in [3.05, 3.63) is 48.8 Å². The van der Waals surface area contributed by atoms with Gasteiger partial charge < -0.3 is 16.4 Å². The molecule has 0 aliphatic heterocycles. The van der Waals surface area contributed by atoms with Crippen molar-refractivity contribution in [2.45, 2.75) is 26.3 Å². The molecular formula is C18H21N5. The van der Waals surface area contributed by atoms with Gasteiger partial charge in [-0.1, -0.05) is 36.4 Å². The van der Waals surface area contributed by atoms with E-state index in [9.17, 15) is 0 Å². The van der Waals surface area contributed by atoms with Crippen LogP contribution in [0.25, 0.3) is 10.8 Å². The molecule has 0 spiro atoms. The Morgan fingerprint density at radius 2 is 1.61 bits per heavy atom. The lowest BCUT2D eigenvalue weighted by atomic mass is 10.1. The van der Waals surface area contributed by atoms with Crippen LogP contribution in [0.2, 0.25) is 0 Å². The third-order valence-corrected chi connectivity index (χ3v) is 3.42. The summed E-state index contributed by atoms with van der Waals surface area (Å²) in [4.78, 5) is 8.52. The lowest BCUT2D eigenvalue weighted by Gasteiger charge is -2.23. The molecule has 3 rings (SSSR count). The van der Waals surface area contributed by atoms with Crippen LogP contribution < -0.4 is 16.4 Å². The van der Waals surface area contributed by atoms with E-state index < -0.39 is 0 Å². The normalized spacial score (nSPS) is 11.4. The van der Waals surface area contributed by atoms with Crippen LogP contribution in [-0.4, -0.2) is 15.5 Å². The summed E-state index contributed by atoms with van der Waals surface area (Å²) in [5.74, 6) is 1.23. The quantitative estimate of drug-likeness (QED) is 0.677. The minimum atomic E-state index is -0.126. The van der Waals surface area contributed by atoms with Gasteiger partial charge in [0.15, 0.2) is 11.6 Å². The molecule has 0 saturated heterocycles.